The highest BCUT2D eigenvalue weighted by molar-refractivity contribution is 5.85. The number of amides is 1. The van der Waals surface area contributed by atoms with Gasteiger partial charge in [-0.3, -0.25) is 4.79 Å². The first-order valence-electron chi connectivity index (χ1n) is 7.20. The summed E-state index contributed by atoms with van der Waals surface area (Å²) >= 11 is 0. The maximum absolute atomic E-state index is 12.5. The van der Waals surface area contributed by atoms with Crippen LogP contribution in [-0.4, -0.2) is 50.2 Å². The lowest BCUT2D eigenvalue weighted by molar-refractivity contribution is -0.143. The molecule has 5 heteroatoms. The van der Waals surface area contributed by atoms with Crippen molar-refractivity contribution in [2.75, 3.05) is 33.3 Å². The van der Waals surface area contributed by atoms with Crippen molar-refractivity contribution >= 4 is 18.3 Å². The van der Waals surface area contributed by atoms with Crippen molar-refractivity contribution in [3.63, 3.8) is 0 Å². The summed E-state index contributed by atoms with van der Waals surface area (Å²) in [7, 11) is 1.92. The Morgan fingerprint density at radius 1 is 1.42 bits per heavy atom. The van der Waals surface area contributed by atoms with E-state index in [1.165, 1.54) is 6.42 Å². The van der Waals surface area contributed by atoms with Crippen molar-refractivity contribution < 1.29 is 9.53 Å². The van der Waals surface area contributed by atoms with E-state index in [0.29, 0.717) is 0 Å². The van der Waals surface area contributed by atoms with Gasteiger partial charge in [-0.05, 0) is 45.6 Å². The molecule has 0 radical (unpaired) electrons. The first kappa shape index (κ1) is 16.7. The molecule has 2 saturated heterocycles. The highest BCUT2D eigenvalue weighted by Gasteiger charge is 2.37. The number of rotatable bonds is 3. The maximum Gasteiger partial charge on any atom is 0.229 e. The molecular formula is C14H27ClN2O2. The Bertz CT molecular complexity index is 287. The number of hydrogen-bond donors (Lipinski definition) is 1. The van der Waals surface area contributed by atoms with Crippen molar-refractivity contribution in [1.29, 1.82) is 0 Å². The molecule has 1 N–H and O–H groups in total. The van der Waals surface area contributed by atoms with Crippen molar-refractivity contribution in [1.82, 2.24) is 10.2 Å². The molecule has 2 aliphatic rings. The maximum atomic E-state index is 12.5. The van der Waals surface area contributed by atoms with Crippen LogP contribution in [0.3, 0.4) is 0 Å². The van der Waals surface area contributed by atoms with Crippen molar-refractivity contribution in [3.05, 3.63) is 0 Å². The van der Waals surface area contributed by atoms with E-state index in [0.717, 1.165) is 51.9 Å². The average Bonchev–Trinajstić information content (AvgIpc) is 2.40. The lowest BCUT2D eigenvalue weighted by Gasteiger charge is -2.37. The molecular weight excluding hydrogens is 264 g/mol. The Hall–Kier alpha value is -0.320. The van der Waals surface area contributed by atoms with Gasteiger partial charge >= 0.3 is 0 Å². The molecule has 1 amide bonds. The van der Waals surface area contributed by atoms with Crippen LogP contribution in [0.1, 0.15) is 39.0 Å². The Labute approximate surface area is 122 Å². The Morgan fingerprint density at radius 2 is 2.21 bits per heavy atom. The summed E-state index contributed by atoms with van der Waals surface area (Å²) in [6, 6.07) is 0. The number of carbonyl (C=O) groups excluding carboxylic acids is 1. The van der Waals surface area contributed by atoms with Crippen LogP contribution in [0.2, 0.25) is 0 Å². The quantitative estimate of drug-likeness (QED) is 0.862. The minimum absolute atomic E-state index is 0. The number of ether oxygens (including phenoxy) is 1. The Kier molecular flexibility index (Phi) is 6.57. The summed E-state index contributed by atoms with van der Waals surface area (Å²) in [5, 5.41) is 3.34. The molecule has 2 unspecified atom stereocenters. The van der Waals surface area contributed by atoms with Crippen LogP contribution in [0.5, 0.6) is 0 Å². The van der Waals surface area contributed by atoms with E-state index in [9.17, 15) is 4.79 Å². The van der Waals surface area contributed by atoms with E-state index >= 15 is 0 Å². The van der Waals surface area contributed by atoms with Crippen LogP contribution in [0.4, 0.5) is 0 Å². The SMILES string of the molecule is CN(CC1CCCCO1)C(=O)C1(C)CCCNC1.Cl. The second-order valence-corrected chi connectivity index (χ2v) is 6.02. The van der Waals surface area contributed by atoms with E-state index in [1.807, 2.05) is 11.9 Å². The molecule has 0 aliphatic carbocycles. The van der Waals surface area contributed by atoms with Crippen LogP contribution in [0, 0.1) is 5.41 Å². The summed E-state index contributed by atoms with van der Waals surface area (Å²) in [5.74, 6) is 0.267. The summed E-state index contributed by atoms with van der Waals surface area (Å²) in [6.45, 7) is 5.53. The first-order valence-corrected chi connectivity index (χ1v) is 7.20. The molecule has 0 aromatic rings. The van der Waals surface area contributed by atoms with Gasteiger partial charge in [-0.15, -0.1) is 12.4 Å². The van der Waals surface area contributed by atoms with Crippen LogP contribution in [0.15, 0.2) is 0 Å². The predicted octanol–water partition coefficient (Wildman–Crippen LogP) is 1.83. The van der Waals surface area contributed by atoms with Gasteiger partial charge < -0.3 is 15.0 Å². The van der Waals surface area contributed by atoms with Gasteiger partial charge in [0.2, 0.25) is 5.91 Å². The van der Waals surface area contributed by atoms with Crippen LogP contribution >= 0.6 is 12.4 Å². The molecule has 4 nitrogen and oxygen atoms in total. The minimum Gasteiger partial charge on any atom is -0.376 e. The fourth-order valence-electron chi connectivity index (χ4n) is 3.04. The first-order chi connectivity index (χ1) is 8.62. The molecule has 2 rings (SSSR count). The summed E-state index contributed by atoms with van der Waals surface area (Å²) in [5.41, 5.74) is -0.221. The monoisotopic (exact) mass is 290 g/mol. The second-order valence-electron chi connectivity index (χ2n) is 6.02. The molecule has 0 bridgehead atoms. The molecule has 2 fully saturated rings. The van der Waals surface area contributed by atoms with Gasteiger partial charge in [0.05, 0.1) is 11.5 Å². The van der Waals surface area contributed by atoms with Gasteiger partial charge in [0, 0.05) is 26.7 Å². The summed E-state index contributed by atoms with van der Waals surface area (Å²) < 4.78 is 5.71. The Morgan fingerprint density at radius 3 is 2.79 bits per heavy atom. The number of nitrogens with one attached hydrogen (secondary N) is 1. The molecule has 0 saturated carbocycles. The van der Waals surface area contributed by atoms with E-state index in [4.69, 9.17) is 4.74 Å². The number of likely N-dealkylation sites (N-methyl/N-ethyl adjacent to an activating group) is 1. The molecule has 2 heterocycles. The number of halogens is 1. The highest BCUT2D eigenvalue weighted by Crippen LogP contribution is 2.28. The van der Waals surface area contributed by atoms with Gasteiger partial charge in [0.1, 0.15) is 0 Å². The fourth-order valence-corrected chi connectivity index (χ4v) is 3.04. The molecule has 19 heavy (non-hydrogen) atoms. The number of nitrogens with zero attached hydrogens (tertiary/aromatic N) is 1. The largest absolute Gasteiger partial charge is 0.376 e. The lowest BCUT2D eigenvalue weighted by Crippen LogP contribution is -2.50. The van der Waals surface area contributed by atoms with Crippen LogP contribution in [0.25, 0.3) is 0 Å². The second kappa shape index (κ2) is 7.46. The smallest absolute Gasteiger partial charge is 0.229 e. The average molecular weight is 291 g/mol. The van der Waals surface area contributed by atoms with E-state index in [-0.39, 0.29) is 29.8 Å². The molecule has 2 aliphatic heterocycles. The third-order valence-corrected chi connectivity index (χ3v) is 4.21. The molecule has 112 valence electrons. The van der Waals surface area contributed by atoms with Crippen LogP contribution in [-0.2, 0) is 9.53 Å². The van der Waals surface area contributed by atoms with E-state index in [2.05, 4.69) is 12.2 Å². The van der Waals surface area contributed by atoms with Gasteiger partial charge in [-0.25, -0.2) is 0 Å². The molecule has 0 spiro atoms. The third-order valence-electron chi connectivity index (χ3n) is 4.21. The van der Waals surface area contributed by atoms with Gasteiger partial charge in [-0.1, -0.05) is 0 Å². The fraction of sp³-hybridized carbons (Fsp3) is 0.929. The zero-order chi connectivity index (χ0) is 13.0. The zero-order valence-electron chi connectivity index (χ0n) is 12.1. The van der Waals surface area contributed by atoms with Crippen molar-refractivity contribution in [2.45, 2.75) is 45.1 Å². The van der Waals surface area contributed by atoms with Crippen LogP contribution < -0.4 is 5.32 Å². The third kappa shape index (κ3) is 4.33. The minimum atomic E-state index is -0.221. The summed E-state index contributed by atoms with van der Waals surface area (Å²) in [6.07, 6.45) is 5.81. The topological polar surface area (TPSA) is 41.6 Å². The molecule has 0 aromatic carbocycles. The summed E-state index contributed by atoms with van der Waals surface area (Å²) in [4.78, 5) is 14.4. The molecule has 2 atom stereocenters. The van der Waals surface area contributed by atoms with Gasteiger partial charge in [-0.2, -0.15) is 0 Å². The van der Waals surface area contributed by atoms with Crippen molar-refractivity contribution in [2.24, 2.45) is 5.41 Å². The Balaban J connectivity index is 0.00000180. The standard InChI is InChI=1S/C14H26N2O2.ClH/c1-14(7-5-8-15-11-14)13(17)16(2)10-12-6-3-4-9-18-12;/h12,15H,3-11H2,1-2H3;1H. The lowest BCUT2D eigenvalue weighted by atomic mass is 9.81. The highest BCUT2D eigenvalue weighted by atomic mass is 35.5. The van der Waals surface area contributed by atoms with Crippen molar-refractivity contribution in [3.8, 4) is 0 Å². The van der Waals surface area contributed by atoms with Gasteiger partial charge in [0.25, 0.3) is 0 Å². The number of piperidine rings is 1. The van der Waals surface area contributed by atoms with E-state index < -0.39 is 0 Å². The zero-order valence-corrected chi connectivity index (χ0v) is 12.9. The number of hydrogen-bond acceptors (Lipinski definition) is 3. The predicted molar refractivity (Wildman–Crippen MR) is 78.7 cm³/mol. The van der Waals surface area contributed by atoms with Gasteiger partial charge in [0.15, 0.2) is 0 Å². The normalized spacial score (nSPS) is 31.4. The molecule has 0 aromatic heterocycles. The van der Waals surface area contributed by atoms with E-state index in [1.54, 1.807) is 0 Å². The number of carbonyl (C=O) groups is 1.